The molecule has 2 heterocycles. The van der Waals surface area contributed by atoms with E-state index in [4.69, 9.17) is 14.4 Å². The van der Waals surface area contributed by atoms with Gasteiger partial charge >= 0.3 is 0 Å². The van der Waals surface area contributed by atoms with Crippen LogP contribution in [0.1, 0.15) is 25.0 Å². The Hall–Kier alpha value is -7.36. The summed E-state index contributed by atoms with van der Waals surface area (Å²) in [4.78, 5) is 9.59. The molecule has 0 bridgehead atoms. The van der Waals surface area contributed by atoms with Crippen molar-refractivity contribution in [1.82, 2.24) is 9.97 Å². The molecule has 9 aromatic carbocycles. The first kappa shape index (κ1) is 32.8. The molecule has 272 valence electrons. The molecule has 0 saturated heterocycles. The standard InChI is InChI=1S/C55H36N2O/c1-55(2)49-31-37(34-11-7-10-33(28-34)35-12-8-13-39(29-35)40-17-9-18-47-45-15-5-6-19-51(45)58-54(40)47)21-24-43(49)44-25-22-38(32-50(44)55)36-20-23-42-41-14-3-4-16-46(41)52-53(48(42)30-36)57-27-26-56-52/h3-32H,1-2H3. The number of fused-ring (bicyclic) bond motifs is 12. The molecule has 0 N–H and O–H groups in total. The van der Waals surface area contributed by atoms with Crippen LogP contribution in [-0.2, 0) is 5.41 Å². The number of furan rings is 1. The highest BCUT2D eigenvalue weighted by atomic mass is 16.3. The Morgan fingerprint density at radius 1 is 0.362 bits per heavy atom. The van der Waals surface area contributed by atoms with Crippen molar-refractivity contribution in [3.8, 4) is 55.6 Å². The topological polar surface area (TPSA) is 38.9 Å². The van der Waals surface area contributed by atoms with E-state index in [1.807, 2.05) is 12.1 Å². The minimum absolute atomic E-state index is 0.175. The Labute approximate surface area is 335 Å². The van der Waals surface area contributed by atoms with Gasteiger partial charge in [-0.3, -0.25) is 9.97 Å². The molecule has 2 aromatic heterocycles. The molecule has 0 fully saturated rings. The maximum absolute atomic E-state index is 6.40. The molecule has 3 nitrogen and oxygen atoms in total. The summed E-state index contributed by atoms with van der Waals surface area (Å²) in [5.74, 6) is 0. The summed E-state index contributed by atoms with van der Waals surface area (Å²) in [6.45, 7) is 4.73. The summed E-state index contributed by atoms with van der Waals surface area (Å²) in [6.07, 6.45) is 3.59. The maximum atomic E-state index is 6.40. The number of nitrogens with zero attached hydrogens (tertiary/aromatic N) is 2. The van der Waals surface area contributed by atoms with Crippen LogP contribution >= 0.6 is 0 Å². The second kappa shape index (κ2) is 12.3. The van der Waals surface area contributed by atoms with E-state index in [-0.39, 0.29) is 5.41 Å². The second-order valence-corrected chi connectivity index (χ2v) is 16.1. The second-order valence-electron chi connectivity index (χ2n) is 16.1. The van der Waals surface area contributed by atoms with Crippen molar-refractivity contribution < 1.29 is 4.42 Å². The highest BCUT2D eigenvalue weighted by molar-refractivity contribution is 6.23. The maximum Gasteiger partial charge on any atom is 0.143 e. The number of para-hydroxylation sites is 2. The summed E-state index contributed by atoms with van der Waals surface area (Å²) in [5, 5.41) is 6.96. The summed E-state index contributed by atoms with van der Waals surface area (Å²) < 4.78 is 6.40. The predicted octanol–water partition coefficient (Wildman–Crippen LogP) is 14.8. The Balaban J connectivity index is 0.895. The number of aromatic nitrogens is 2. The van der Waals surface area contributed by atoms with Crippen molar-refractivity contribution in [3.05, 3.63) is 193 Å². The predicted molar refractivity (Wildman–Crippen MR) is 241 cm³/mol. The molecule has 0 radical (unpaired) electrons. The lowest BCUT2D eigenvalue weighted by Crippen LogP contribution is -2.15. The van der Waals surface area contributed by atoms with Gasteiger partial charge in [-0.2, -0.15) is 0 Å². The summed E-state index contributed by atoms with van der Waals surface area (Å²) in [6, 6.07) is 61.8. The fourth-order valence-corrected chi connectivity index (χ4v) is 9.63. The molecule has 0 unspecified atom stereocenters. The van der Waals surface area contributed by atoms with E-state index in [9.17, 15) is 0 Å². The van der Waals surface area contributed by atoms with Gasteiger partial charge < -0.3 is 4.42 Å². The van der Waals surface area contributed by atoms with Crippen LogP contribution in [-0.4, -0.2) is 9.97 Å². The van der Waals surface area contributed by atoms with E-state index < -0.39 is 0 Å². The van der Waals surface area contributed by atoms with Gasteiger partial charge in [-0.05, 0) is 108 Å². The van der Waals surface area contributed by atoms with Crippen molar-refractivity contribution in [2.45, 2.75) is 19.3 Å². The van der Waals surface area contributed by atoms with Gasteiger partial charge in [0.2, 0.25) is 0 Å². The van der Waals surface area contributed by atoms with Crippen LogP contribution in [0.15, 0.2) is 187 Å². The Kier molecular flexibility index (Phi) is 6.98. The van der Waals surface area contributed by atoms with Gasteiger partial charge in [0, 0.05) is 44.9 Å². The lowest BCUT2D eigenvalue weighted by Gasteiger charge is -2.23. The van der Waals surface area contributed by atoms with Crippen molar-refractivity contribution in [1.29, 1.82) is 0 Å². The normalized spacial score (nSPS) is 13.1. The molecule has 3 heteroatoms. The largest absolute Gasteiger partial charge is 0.455 e. The molecule has 11 aromatic rings. The highest BCUT2D eigenvalue weighted by Gasteiger charge is 2.36. The molecule has 0 atom stereocenters. The minimum Gasteiger partial charge on any atom is -0.455 e. The Morgan fingerprint density at radius 2 is 0.862 bits per heavy atom. The number of rotatable bonds is 4. The zero-order valence-electron chi connectivity index (χ0n) is 32.1. The van der Waals surface area contributed by atoms with Crippen molar-refractivity contribution >= 4 is 54.5 Å². The van der Waals surface area contributed by atoms with Gasteiger partial charge in [-0.15, -0.1) is 0 Å². The molecule has 58 heavy (non-hydrogen) atoms. The number of hydrogen-bond donors (Lipinski definition) is 0. The van der Waals surface area contributed by atoms with Gasteiger partial charge in [0.15, 0.2) is 0 Å². The first-order valence-corrected chi connectivity index (χ1v) is 20.0. The van der Waals surface area contributed by atoms with Crippen LogP contribution in [0, 0.1) is 0 Å². The van der Waals surface area contributed by atoms with Crippen LogP contribution in [0.25, 0.3) is 110 Å². The van der Waals surface area contributed by atoms with Gasteiger partial charge in [0.05, 0.1) is 11.0 Å². The van der Waals surface area contributed by atoms with Gasteiger partial charge in [0.1, 0.15) is 11.2 Å². The van der Waals surface area contributed by atoms with E-state index in [2.05, 4.69) is 172 Å². The van der Waals surface area contributed by atoms with Crippen LogP contribution in [0.5, 0.6) is 0 Å². The number of hydrogen-bond acceptors (Lipinski definition) is 3. The Bertz CT molecular complexity index is 3460. The SMILES string of the molecule is CC1(C)c2cc(-c3cccc(-c4cccc(-c5cccc6c5oc5ccccc56)c4)c3)ccc2-c2ccc(-c3ccc4c5ccccc5c5nccnc5c4c3)cc21. The van der Waals surface area contributed by atoms with Crippen molar-refractivity contribution in [2.75, 3.05) is 0 Å². The summed E-state index contributed by atoms with van der Waals surface area (Å²) in [7, 11) is 0. The van der Waals surface area contributed by atoms with Gasteiger partial charge in [-0.1, -0.05) is 147 Å². The minimum atomic E-state index is -0.175. The lowest BCUT2D eigenvalue weighted by atomic mass is 9.80. The third kappa shape index (κ3) is 4.86. The van der Waals surface area contributed by atoms with E-state index in [1.54, 1.807) is 12.4 Å². The third-order valence-corrected chi connectivity index (χ3v) is 12.6. The van der Waals surface area contributed by atoms with Crippen LogP contribution in [0.4, 0.5) is 0 Å². The lowest BCUT2D eigenvalue weighted by molar-refractivity contribution is 0.661. The molecular formula is C55H36N2O. The molecule has 12 rings (SSSR count). The van der Waals surface area contributed by atoms with Crippen LogP contribution < -0.4 is 0 Å². The van der Waals surface area contributed by atoms with Crippen LogP contribution in [0.3, 0.4) is 0 Å². The molecule has 0 aliphatic heterocycles. The summed E-state index contributed by atoms with van der Waals surface area (Å²) >= 11 is 0. The van der Waals surface area contributed by atoms with E-state index in [1.165, 1.54) is 66.4 Å². The Morgan fingerprint density at radius 3 is 1.57 bits per heavy atom. The molecular weight excluding hydrogens is 705 g/mol. The average Bonchev–Trinajstić information content (AvgIpc) is 3.78. The fraction of sp³-hybridized carbons (Fsp3) is 0.0545. The average molecular weight is 741 g/mol. The molecule has 1 aliphatic carbocycles. The first-order chi connectivity index (χ1) is 28.5. The van der Waals surface area contributed by atoms with Crippen molar-refractivity contribution in [2.24, 2.45) is 0 Å². The molecule has 1 aliphatic rings. The number of benzene rings is 9. The van der Waals surface area contributed by atoms with Crippen molar-refractivity contribution in [3.63, 3.8) is 0 Å². The molecule has 0 saturated carbocycles. The van der Waals surface area contributed by atoms with E-state index >= 15 is 0 Å². The van der Waals surface area contributed by atoms with Crippen LogP contribution in [0.2, 0.25) is 0 Å². The zero-order chi connectivity index (χ0) is 38.5. The molecule has 0 spiro atoms. The fourth-order valence-electron chi connectivity index (χ4n) is 9.63. The van der Waals surface area contributed by atoms with Gasteiger partial charge in [-0.25, -0.2) is 0 Å². The van der Waals surface area contributed by atoms with E-state index in [0.717, 1.165) is 54.9 Å². The third-order valence-electron chi connectivity index (χ3n) is 12.6. The molecule has 0 amide bonds. The van der Waals surface area contributed by atoms with Gasteiger partial charge in [0.25, 0.3) is 0 Å². The highest BCUT2D eigenvalue weighted by Crippen LogP contribution is 2.51. The quantitative estimate of drug-likeness (QED) is 0.169. The zero-order valence-corrected chi connectivity index (χ0v) is 32.1. The first-order valence-electron chi connectivity index (χ1n) is 20.0. The summed E-state index contributed by atoms with van der Waals surface area (Å²) in [5.41, 5.74) is 18.3. The monoisotopic (exact) mass is 740 g/mol. The van der Waals surface area contributed by atoms with E-state index in [0.29, 0.717) is 0 Å². The smallest absolute Gasteiger partial charge is 0.143 e.